The second-order valence-corrected chi connectivity index (χ2v) is 4.20. The van der Waals surface area contributed by atoms with Crippen molar-refractivity contribution in [3.8, 4) is 0 Å². The van der Waals surface area contributed by atoms with Crippen molar-refractivity contribution in [1.82, 2.24) is 0 Å². The van der Waals surface area contributed by atoms with Gasteiger partial charge in [-0.15, -0.1) is 0 Å². The summed E-state index contributed by atoms with van der Waals surface area (Å²) < 4.78 is 19.1. The van der Waals surface area contributed by atoms with Crippen molar-refractivity contribution in [2.75, 3.05) is 32.6 Å². The second kappa shape index (κ2) is 4.80. The maximum absolute atomic E-state index is 13.8. The standard InChI is InChI=1S/C12H19FN2O/c1-12(8-14,16-4)9-5-6-11(15(2)3)10(13)7-9/h5-7H,8,14H2,1-4H3. The van der Waals surface area contributed by atoms with E-state index in [1.807, 2.05) is 13.0 Å². The molecule has 90 valence electrons. The predicted octanol–water partition coefficient (Wildman–Crippen LogP) is 1.71. The molecule has 0 aromatic heterocycles. The number of hydrogen-bond donors (Lipinski definition) is 1. The van der Waals surface area contributed by atoms with Crippen LogP contribution in [-0.2, 0) is 10.3 Å². The highest BCUT2D eigenvalue weighted by atomic mass is 19.1. The van der Waals surface area contributed by atoms with E-state index >= 15 is 0 Å². The number of benzene rings is 1. The zero-order chi connectivity index (χ0) is 12.3. The first-order chi connectivity index (χ1) is 7.44. The summed E-state index contributed by atoms with van der Waals surface area (Å²) in [5, 5.41) is 0. The molecular weight excluding hydrogens is 207 g/mol. The normalized spacial score (nSPS) is 14.6. The van der Waals surface area contributed by atoms with Gasteiger partial charge in [0.15, 0.2) is 0 Å². The van der Waals surface area contributed by atoms with Crippen LogP contribution in [-0.4, -0.2) is 27.7 Å². The molecule has 0 aliphatic rings. The monoisotopic (exact) mass is 226 g/mol. The topological polar surface area (TPSA) is 38.5 Å². The maximum atomic E-state index is 13.8. The van der Waals surface area contributed by atoms with E-state index in [2.05, 4.69) is 0 Å². The lowest BCUT2D eigenvalue weighted by Gasteiger charge is -2.27. The minimum Gasteiger partial charge on any atom is -0.375 e. The Morgan fingerprint density at radius 1 is 1.44 bits per heavy atom. The molecule has 1 rings (SSSR count). The lowest BCUT2D eigenvalue weighted by Crippen LogP contribution is -2.33. The number of halogens is 1. The average molecular weight is 226 g/mol. The fraction of sp³-hybridized carbons (Fsp3) is 0.500. The van der Waals surface area contributed by atoms with Gasteiger partial charge in [-0.2, -0.15) is 0 Å². The van der Waals surface area contributed by atoms with Gasteiger partial charge >= 0.3 is 0 Å². The fourth-order valence-corrected chi connectivity index (χ4v) is 1.52. The van der Waals surface area contributed by atoms with Gasteiger partial charge in [-0.25, -0.2) is 4.39 Å². The van der Waals surface area contributed by atoms with E-state index in [9.17, 15) is 4.39 Å². The van der Waals surface area contributed by atoms with Crippen LogP contribution in [0, 0.1) is 5.82 Å². The van der Waals surface area contributed by atoms with Gasteiger partial charge in [0.1, 0.15) is 11.4 Å². The molecule has 0 bridgehead atoms. The minimum absolute atomic E-state index is 0.265. The zero-order valence-corrected chi connectivity index (χ0v) is 10.2. The van der Waals surface area contributed by atoms with E-state index < -0.39 is 5.60 Å². The number of hydrogen-bond acceptors (Lipinski definition) is 3. The first-order valence-electron chi connectivity index (χ1n) is 5.17. The van der Waals surface area contributed by atoms with E-state index in [0.29, 0.717) is 12.2 Å². The first-order valence-corrected chi connectivity index (χ1v) is 5.17. The molecule has 0 saturated carbocycles. The molecule has 1 atom stereocenters. The first kappa shape index (κ1) is 12.9. The van der Waals surface area contributed by atoms with Crippen LogP contribution in [0.5, 0.6) is 0 Å². The molecule has 1 unspecified atom stereocenters. The highest BCUT2D eigenvalue weighted by Gasteiger charge is 2.25. The number of rotatable bonds is 4. The molecule has 0 saturated heterocycles. The van der Waals surface area contributed by atoms with Crippen LogP contribution in [0.1, 0.15) is 12.5 Å². The van der Waals surface area contributed by atoms with Crippen molar-refractivity contribution >= 4 is 5.69 Å². The molecule has 1 aromatic carbocycles. The van der Waals surface area contributed by atoms with Gasteiger partial charge in [0.05, 0.1) is 5.69 Å². The Kier molecular flexibility index (Phi) is 3.88. The molecule has 1 aromatic rings. The molecule has 2 N–H and O–H groups in total. The summed E-state index contributed by atoms with van der Waals surface area (Å²) in [6.07, 6.45) is 0. The maximum Gasteiger partial charge on any atom is 0.146 e. The third-order valence-corrected chi connectivity index (χ3v) is 2.88. The van der Waals surface area contributed by atoms with E-state index in [0.717, 1.165) is 5.56 Å². The third kappa shape index (κ3) is 2.33. The second-order valence-electron chi connectivity index (χ2n) is 4.20. The summed E-state index contributed by atoms with van der Waals surface area (Å²) in [6, 6.07) is 5.05. The smallest absolute Gasteiger partial charge is 0.146 e. The summed E-state index contributed by atoms with van der Waals surface area (Å²) in [4.78, 5) is 1.73. The summed E-state index contributed by atoms with van der Waals surface area (Å²) in [6.45, 7) is 2.15. The van der Waals surface area contributed by atoms with E-state index in [-0.39, 0.29) is 5.82 Å². The molecule has 0 aliphatic carbocycles. The van der Waals surface area contributed by atoms with Crippen molar-refractivity contribution in [2.24, 2.45) is 5.73 Å². The number of methoxy groups -OCH3 is 1. The Bertz CT molecular complexity index is 362. The zero-order valence-electron chi connectivity index (χ0n) is 10.2. The van der Waals surface area contributed by atoms with Crippen LogP contribution >= 0.6 is 0 Å². The fourth-order valence-electron chi connectivity index (χ4n) is 1.52. The van der Waals surface area contributed by atoms with Crippen molar-refractivity contribution in [3.63, 3.8) is 0 Å². The molecule has 0 heterocycles. The van der Waals surface area contributed by atoms with Gasteiger partial charge < -0.3 is 15.4 Å². The largest absolute Gasteiger partial charge is 0.375 e. The van der Waals surface area contributed by atoms with Crippen molar-refractivity contribution in [2.45, 2.75) is 12.5 Å². The number of nitrogens with two attached hydrogens (primary N) is 1. The Morgan fingerprint density at radius 2 is 2.06 bits per heavy atom. The molecular formula is C12H19FN2O. The van der Waals surface area contributed by atoms with Gasteiger partial charge in [-0.1, -0.05) is 6.07 Å². The number of nitrogens with zero attached hydrogens (tertiary/aromatic N) is 1. The lowest BCUT2D eigenvalue weighted by molar-refractivity contribution is 0.00986. The van der Waals surface area contributed by atoms with Gasteiger partial charge in [0.2, 0.25) is 0 Å². The Morgan fingerprint density at radius 3 is 2.44 bits per heavy atom. The molecule has 0 aliphatic heterocycles. The summed E-state index contributed by atoms with van der Waals surface area (Å²) >= 11 is 0. The highest BCUT2D eigenvalue weighted by Crippen LogP contribution is 2.27. The Labute approximate surface area is 96.0 Å². The van der Waals surface area contributed by atoms with Gasteiger partial charge in [0.25, 0.3) is 0 Å². The molecule has 0 radical (unpaired) electrons. The van der Waals surface area contributed by atoms with Crippen LogP contribution in [0.4, 0.5) is 10.1 Å². The van der Waals surface area contributed by atoms with Gasteiger partial charge in [-0.3, -0.25) is 0 Å². The molecule has 3 nitrogen and oxygen atoms in total. The quantitative estimate of drug-likeness (QED) is 0.849. The van der Waals surface area contributed by atoms with Crippen LogP contribution < -0.4 is 10.6 Å². The van der Waals surface area contributed by atoms with E-state index in [4.69, 9.17) is 10.5 Å². The number of ether oxygens (including phenoxy) is 1. The Hall–Kier alpha value is -1.13. The SMILES string of the molecule is COC(C)(CN)c1ccc(N(C)C)c(F)c1. The summed E-state index contributed by atoms with van der Waals surface area (Å²) in [5.74, 6) is -0.265. The summed E-state index contributed by atoms with van der Waals surface area (Å²) in [5.41, 5.74) is 6.31. The third-order valence-electron chi connectivity index (χ3n) is 2.88. The molecule has 4 heteroatoms. The van der Waals surface area contributed by atoms with Crippen molar-refractivity contribution in [3.05, 3.63) is 29.6 Å². The molecule has 16 heavy (non-hydrogen) atoms. The highest BCUT2D eigenvalue weighted by molar-refractivity contribution is 5.48. The molecule has 0 fully saturated rings. The van der Waals surface area contributed by atoms with Crippen molar-refractivity contribution < 1.29 is 9.13 Å². The van der Waals surface area contributed by atoms with E-state index in [1.165, 1.54) is 6.07 Å². The molecule has 0 spiro atoms. The minimum atomic E-state index is -0.633. The van der Waals surface area contributed by atoms with Crippen LogP contribution in [0.2, 0.25) is 0 Å². The van der Waals surface area contributed by atoms with Gasteiger partial charge in [-0.05, 0) is 24.6 Å². The van der Waals surface area contributed by atoms with Gasteiger partial charge in [0, 0.05) is 27.7 Å². The van der Waals surface area contributed by atoms with Crippen molar-refractivity contribution in [1.29, 1.82) is 0 Å². The molecule has 0 amide bonds. The van der Waals surface area contributed by atoms with Crippen LogP contribution in [0.3, 0.4) is 0 Å². The lowest BCUT2D eigenvalue weighted by atomic mass is 9.95. The Balaban J connectivity index is 3.15. The van der Waals surface area contributed by atoms with E-state index in [1.54, 1.807) is 32.2 Å². The average Bonchev–Trinajstić information content (AvgIpc) is 2.27. The summed E-state index contributed by atoms with van der Waals surface area (Å²) in [7, 11) is 5.18. The predicted molar refractivity (Wildman–Crippen MR) is 64.1 cm³/mol. The van der Waals surface area contributed by atoms with Crippen LogP contribution in [0.25, 0.3) is 0 Å². The number of anilines is 1. The van der Waals surface area contributed by atoms with Crippen LogP contribution in [0.15, 0.2) is 18.2 Å².